The van der Waals surface area contributed by atoms with Gasteiger partial charge in [-0.1, -0.05) is 32.9 Å². The van der Waals surface area contributed by atoms with Gasteiger partial charge in [-0.3, -0.25) is 75.5 Å². The van der Waals surface area contributed by atoms with E-state index in [-0.39, 0.29) is 103 Å². The first-order valence-corrected chi connectivity index (χ1v) is 34.6. The molecule has 7 amide bonds. The average Bonchev–Trinajstić information content (AvgIpc) is 1.27. The molecule has 554 valence electrons. The summed E-state index contributed by atoms with van der Waals surface area (Å²) in [7, 11) is -9.58. The van der Waals surface area contributed by atoms with Gasteiger partial charge in [0.05, 0.1) is 52.3 Å². The van der Waals surface area contributed by atoms with Gasteiger partial charge in [0.25, 0.3) is 0 Å². The van der Waals surface area contributed by atoms with Crippen LogP contribution in [0.15, 0.2) is 6.20 Å². The third-order valence-electron chi connectivity index (χ3n) is 13.5. The maximum atomic E-state index is 13.1. The standard InChI is InChI=1S/C56H97N11O28P2/c1-8-12-46(73)86-31-39(93-48(75)14-10-3)33-90-96(82,83)88-26-20-58-44(71)18-22-66(23-19-45(72)59-21-27-89-97(84,85)91-34-40(94-49(76)15-11-4)32-87-47(74)13-9-2)24-25-67-29-38(64-65-67)28-60-43(70)17-16-41(53(57)78)63-54(79)35(5)61-55(80)36(6)92-52-50(62-37(7)69)56(81)95-42(30-68)51(52)77/h29,35-36,39-42,50-52,56,68,77,81H,8-28,30-34H2,1-7H3,(H2,57,78)(H,58,71)(H,59,72)(H,60,70)(H,61,80)(H,62,69)(H,63,79)(H,82,83)(H,84,85)/t35-,36+,39+,40+,41+,42+,50+,51+,52+,56?/m0/s1. The first-order chi connectivity index (χ1) is 45.8. The molecular weight excluding hydrogens is 1340 g/mol. The summed E-state index contributed by atoms with van der Waals surface area (Å²) in [6.45, 7) is 6.25. The quantitative estimate of drug-likeness (QED) is 0.0136. The van der Waals surface area contributed by atoms with Crippen LogP contribution in [0.3, 0.4) is 0 Å². The zero-order valence-electron chi connectivity index (χ0n) is 55.6. The largest absolute Gasteiger partial charge is 0.472 e. The Morgan fingerprint density at radius 2 is 1.16 bits per heavy atom. The molecular formula is C56H97N11O28P2. The summed E-state index contributed by atoms with van der Waals surface area (Å²) in [6.07, 6.45) is -7.36. The van der Waals surface area contributed by atoms with Crippen molar-refractivity contribution >= 4 is 80.9 Å². The molecule has 0 aromatic carbocycles. The van der Waals surface area contributed by atoms with E-state index in [0.29, 0.717) is 25.7 Å². The minimum absolute atomic E-state index is 0.0277. The number of nitrogens with one attached hydrogen (secondary N) is 6. The Labute approximate surface area is 560 Å². The van der Waals surface area contributed by atoms with Crippen molar-refractivity contribution in [2.45, 2.75) is 200 Å². The van der Waals surface area contributed by atoms with Crippen molar-refractivity contribution in [1.29, 1.82) is 0 Å². The van der Waals surface area contributed by atoms with Gasteiger partial charge in [0.1, 0.15) is 61.4 Å². The number of nitrogens with two attached hydrogens (primary N) is 1. The summed E-state index contributed by atoms with van der Waals surface area (Å²) in [5.74, 6) is -7.57. The van der Waals surface area contributed by atoms with Gasteiger partial charge in [-0.05, 0) is 46.0 Å². The molecule has 41 heteroatoms. The molecule has 0 aliphatic carbocycles. The lowest BCUT2D eigenvalue weighted by atomic mass is 9.96. The normalized spacial score (nSPS) is 18.8. The zero-order valence-corrected chi connectivity index (χ0v) is 57.4. The van der Waals surface area contributed by atoms with Gasteiger partial charge in [0.2, 0.25) is 41.4 Å². The number of carbonyl (C=O) groups is 11. The molecule has 12 atom stereocenters. The van der Waals surface area contributed by atoms with E-state index >= 15 is 0 Å². The molecule has 1 fully saturated rings. The molecule has 0 saturated carbocycles. The molecule has 39 nitrogen and oxygen atoms in total. The van der Waals surface area contributed by atoms with E-state index in [9.17, 15) is 87.0 Å². The van der Waals surface area contributed by atoms with E-state index in [1.807, 2.05) is 0 Å². The highest BCUT2D eigenvalue weighted by atomic mass is 31.2. The molecule has 3 unspecified atom stereocenters. The second-order valence-electron chi connectivity index (χ2n) is 22.0. The summed E-state index contributed by atoms with van der Waals surface area (Å²) >= 11 is 0. The number of nitrogens with zero attached hydrogens (tertiary/aromatic N) is 4. The molecule has 0 bridgehead atoms. The summed E-state index contributed by atoms with van der Waals surface area (Å²) < 4.78 is 78.1. The minimum Gasteiger partial charge on any atom is -0.462 e. The third kappa shape index (κ3) is 37.2. The second-order valence-corrected chi connectivity index (χ2v) is 24.9. The topological polar surface area (TPSA) is 548 Å². The number of carbonyl (C=O) groups excluding carboxylic acids is 11. The van der Waals surface area contributed by atoms with Crippen LogP contribution in [-0.2, 0) is 121 Å². The van der Waals surface area contributed by atoms with Crippen LogP contribution in [0, 0.1) is 0 Å². The summed E-state index contributed by atoms with van der Waals surface area (Å²) in [5, 5.41) is 53.6. The van der Waals surface area contributed by atoms with Gasteiger partial charge in [-0.25, -0.2) is 9.13 Å². The van der Waals surface area contributed by atoms with Crippen LogP contribution in [0.25, 0.3) is 0 Å². The molecule has 1 aromatic rings. The minimum atomic E-state index is -4.79. The Morgan fingerprint density at radius 3 is 1.64 bits per heavy atom. The predicted octanol–water partition coefficient (Wildman–Crippen LogP) is -2.81. The molecule has 13 N–H and O–H groups in total. The van der Waals surface area contributed by atoms with E-state index in [0.717, 1.165) is 6.92 Å². The number of ether oxygens (including phenoxy) is 6. The van der Waals surface area contributed by atoms with Crippen molar-refractivity contribution in [2.75, 3.05) is 79.0 Å². The lowest BCUT2D eigenvalue weighted by Gasteiger charge is -2.43. The van der Waals surface area contributed by atoms with Crippen molar-refractivity contribution in [3.63, 3.8) is 0 Å². The van der Waals surface area contributed by atoms with Gasteiger partial charge in [-0.15, -0.1) is 5.10 Å². The van der Waals surface area contributed by atoms with Crippen LogP contribution in [0.1, 0.15) is 131 Å². The molecule has 1 aliphatic rings. The van der Waals surface area contributed by atoms with Crippen LogP contribution >= 0.6 is 15.6 Å². The van der Waals surface area contributed by atoms with Crippen LogP contribution in [0.4, 0.5) is 0 Å². The number of amides is 7. The van der Waals surface area contributed by atoms with E-state index in [4.69, 9.17) is 52.2 Å². The van der Waals surface area contributed by atoms with Crippen molar-refractivity contribution in [3.8, 4) is 0 Å². The van der Waals surface area contributed by atoms with Crippen molar-refractivity contribution in [1.82, 2.24) is 51.8 Å². The number of phosphoric ester groups is 2. The van der Waals surface area contributed by atoms with Crippen molar-refractivity contribution < 1.29 is 133 Å². The SMILES string of the molecule is CCCC(=O)OC[C@H](COP(=O)(O)OCCNC(=O)CCN(CCC(=O)NCCOP(=O)(O)OC[C@@H](COC(=O)CCC)OC(=O)CCC)CCn1cc(CNC(=O)CC[C@@H](NC(=O)[C@H](C)NC(=O)[C@@H](C)O[C@H]2[C@H](O)[C@@H](CO)OC(O)[C@@H]2NC(C)=O)C(N)=O)nn1)OC(=O)CCC. The Kier molecular flexibility index (Phi) is 41.4. The number of hydrogen-bond acceptors (Lipinski definition) is 29. The first kappa shape index (κ1) is 86.4. The molecule has 97 heavy (non-hydrogen) atoms. The van der Waals surface area contributed by atoms with Gasteiger partial charge >= 0.3 is 39.5 Å². The molecule has 0 radical (unpaired) electrons. The molecule has 0 spiro atoms. The van der Waals surface area contributed by atoms with E-state index < -0.39 is 188 Å². The van der Waals surface area contributed by atoms with E-state index in [1.54, 1.807) is 32.6 Å². The smallest absolute Gasteiger partial charge is 0.462 e. The maximum Gasteiger partial charge on any atom is 0.472 e. The summed E-state index contributed by atoms with van der Waals surface area (Å²) in [5.41, 5.74) is 5.80. The highest BCUT2D eigenvalue weighted by molar-refractivity contribution is 7.47. The fourth-order valence-electron chi connectivity index (χ4n) is 8.45. The van der Waals surface area contributed by atoms with Crippen LogP contribution in [-0.4, -0.2) is 250 Å². The Bertz CT molecular complexity index is 2680. The average molecular weight is 1430 g/mol. The fourth-order valence-corrected chi connectivity index (χ4v) is 9.96. The lowest BCUT2D eigenvalue weighted by Crippen LogP contribution is -2.65. The Morgan fingerprint density at radius 1 is 0.670 bits per heavy atom. The summed E-state index contributed by atoms with van der Waals surface area (Å²) in [6, 6.07) is -4.06. The van der Waals surface area contributed by atoms with Gasteiger partial charge in [0, 0.05) is 84.6 Å². The fraction of sp³-hybridized carbons (Fsp3) is 0.768. The molecule has 1 aromatic heterocycles. The van der Waals surface area contributed by atoms with Crippen LogP contribution < -0.4 is 37.6 Å². The highest BCUT2D eigenvalue weighted by Crippen LogP contribution is 2.44. The van der Waals surface area contributed by atoms with Gasteiger partial charge in [0.15, 0.2) is 18.5 Å². The predicted molar refractivity (Wildman–Crippen MR) is 332 cm³/mol. The molecule has 1 aliphatic heterocycles. The molecule has 1 saturated heterocycles. The second kappa shape index (κ2) is 46.5. The Balaban J connectivity index is 2.04. The Hall–Kier alpha value is -6.71. The number of phosphoric acid groups is 2. The van der Waals surface area contributed by atoms with Crippen molar-refractivity contribution in [3.05, 3.63) is 11.9 Å². The van der Waals surface area contributed by atoms with Gasteiger partial charge in [-0.2, -0.15) is 0 Å². The summed E-state index contributed by atoms with van der Waals surface area (Å²) in [4.78, 5) is 160. The number of aromatic nitrogens is 3. The monoisotopic (exact) mass is 1430 g/mol. The number of aliphatic hydroxyl groups excluding tert-OH is 3. The van der Waals surface area contributed by atoms with E-state index in [1.165, 1.54) is 24.7 Å². The van der Waals surface area contributed by atoms with E-state index in [2.05, 4.69) is 42.2 Å². The number of rotatable bonds is 51. The van der Waals surface area contributed by atoms with Gasteiger partial charge < -0.3 is 96.1 Å². The number of primary amides is 1. The van der Waals surface area contributed by atoms with Crippen LogP contribution in [0.5, 0.6) is 0 Å². The third-order valence-corrected chi connectivity index (χ3v) is 15.5. The van der Waals surface area contributed by atoms with Crippen molar-refractivity contribution in [2.24, 2.45) is 5.73 Å². The number of aliphatic hydroxyl groups is 3. The molecule has 2 rings (SSSR count). The number of esters is 4. The highest BCUT2D eigenvalue weighted by Gasteiger charge is 2.47. The number of hydrogen-bond donors (Lipinski definition) is 12. The first-order valence-electron chi connectivity index (χ1n) is 31.6. The van der Waals surface area contributed by atoms with Crippen LogP contribution in [0.2, 0.25) is 0 Å². The molecule has 2 heterocycles. The lowest BCUT2D eigenvalue weighted by molar-refractivity contribution is -0.266. The zero-order chi connectivity index (χ0) is 72.7. The maximum absolute atomic E-state index is 13.1.